The van der Waals surface area contributed by atoms with Gasteiger partial charge in [0, 0.05) is 131 Å². The van der Waals surface area contributed by atoms with Crippen LogP contribution in [0.5, 0.6) is 0 Å². The van der Waals surface area contributed by atoms with Gasteiger partial charge in [-0.25, -0.2) is 23.9 Å². The van der Waals surface area contributed by atoms with E-state index in [1.54, 1.807) is 30.6 Å². The average Bonchev–Trinajstić information content (AvgIpc) is 4.01. The summed E-state index contributed by atoms with van der Waals surface area (Å²) in [6, 6.07) is 12.6. The number of rotatable bonds is 4. The SMILES string of the molecule is CC.CC.CC.CC.CC.CC.CC.CC.[CH-]=Cc1[c-][nH]cc1.[CH-]=Cc1[c-]cc[nH]1.[CH-]=Cc1[c-]cco1.[CH-]=Cc1[c-]occ1.[Y].[Y].[Y].[Y]. The molecule has 0 unspecified atom stereocenters. The molecule has 0 spiro atoms. The molecule has 4 nitrogen and oxygen atoms in total. The molecular weight excluding hydrogens is 896 g/mol. The number of hydrogen-bond acceptors (Lipinski definition) is 2. The van der Waals surface area contributed by atoms with Crippen molar-refractivity contribution in [2.24, 2.45) is 0 Å². The summed E-state index contributed by atoms with van der Waals surface area (Å²) in [6.45, 7) is 52.3. The van der Waals surface area contributed by atoms with Gasteiger partial charge in [-0.3, -0.25) is 17.2 Å². The first-order valence-electron chi connectivity index (χ1n) is 15.9. The molecule has 0 saturated carbocycles. The van der Waals surface area contributed by atoms with Crippen LogP contribution in [0.15, 0.2) is 58.0 Å². The van der Waals surface area contributed by atoms with E-state index in [1.807, 2.05) is 117 Å². The zero-order chi connectivity index (χ0) is 36.5. The fourth-order valence-corrected chi connectivity index (χ4v) is 1.47. The number of hydrogen-bond donors (Lipinski definition) is 2. The number of H-pyrrole nitrogens is 2. The second-order valence-corrected chi connectivity index (χ2v) is 4.67. The van der Waals surface area contributed by atoms with Crippen LogP contribution in [0.25, 0.3) is 24.3 Å². The Morgan fingerprint density at radius 1 is 0.542 bits per heavy atom. The Labute approximate surface area is 401 Å². The second kappa shape index (κ2) is 97.2. The van der Waals surface area contributed by atoms with Crippen LogP contribution in [0.1, 0.15) is 133 Å². The molecular formula is C40H66N2O2Y4-8. The number of aromatic amines is 2. The Morgan fingerprint density at radius 3 is 1.19 bits per heavy atom. The van der Waals surface area contributed by atoms with Crippen LogP contribution in [0, 0.1) is 50.9 Å². The molecule has 0 fully saturated rings. The molecule has 0 atom stereocenters. The first-order chi connectivity index (χ1) is 21.7. The Balaban J connectivity index is -0.0000000308. The van der Waals surface area contributed by atoms with E-state index in [2.05, 4.69) is 39.0 Å². The van der Waals surface area contributed by atoms with Gasteiger partial charge in [0.25, 0.3) is 0 Å². The van der Waals surface area contributed by atoms with Gasteiger partial charge in [-0.1, -0.05) is 117 Å². The van der Waals surface area contributed by atoms with Gasteiger partial charge >= 0.3 is 0 Å². The summed E-state index contributed by atoms with van der Waals surface area (Å²) in [4.78, 5) is 5.60. The Hall–Kier alpha value is 0.496. The van der Waals surface area contributed by atoms with Crippen molar-refractivity contribution in [3.05, 3.63) is 123 Å². The van der Waals surface area contributed by atoms with E-state index >= 15 is 0 Å². The molecule has 268 valence electrons. The van der Waals surface area contributed by atoms with E-state index < -0.39 is 0 Å². The maximum absolute atomic E-state index is 5.12. The van der Waals surface area contributed by atoms with E-state index in [0.717, 1.165) is 16.8 Å². The van der Waals surface area contributed by atoms with Gasteiger partial charge in [-0.05, 0) is 12.5 Å². The Kier molecular flexibility index (Phi) is 166. The van der Waals surface area contributed by atoms with Gasteiger partial charge in [-0.15, -0.1) is 12.4 Å². The summed E-state index contributed by atoms with van der Waals surface area (Å²) in [5.74, 6) is 0.583. The zero-order valence-corrected chi connectivity index (χ0v) is 44.7. The molecule has 2 N–H and O–H groups in total. The van der Waals surface area contributed by atoms with Crippen molar-refractivity contribution in [1.82, 2.24) is 9.97 Å². The van der Waals surface area contributed by atoms with Crippen LogP contribution in [-0.2, 0) is 131 Å². The topological polar surface area (TPSA) is 57.9 Å². The van der Waals surface area contributed by atoms with E-state index in [9.17, 15) is 0 Å². The molecule has 4 aromatic heterocycles. The molecule has 4 radical (unpaired) electrons. The standard InChI is InChI=1S/2C6H5N.2C6H4O.8C2H6.4Y/c1-2-6-3-4-7-5-6;1-2-6-4-3-5-7-6;1-2-6-3-4-7-5-6;1-2-6-4-3-5-7-6;8*1-2;;;;/h1-4,7H;1-3,5,7H;1-4H;1-3,5H;8*1-2H3;;;;/q4*-2;;;;;;;;;;;;. The fourth-order valence-electron chi connectivity index (χ4n) is 1.47. The van der Waals surface area contributed by atoms with Crippen LogP contribution in [0.2, 0.25) is 0 Å². The monoisotopic (exact) mass is 962 g/mol. The van der Waals surface area contributed by atoms with Crippen molar-refractivity contribution in [2.45, 2.75) is 111 Å². The van der Waals surface area contributed by atoms with Crippen molar-refractivity contribution >= 4 is 24.3 Å². The number of nitrogens with one attached hydrogen (secondary N) is 2. The number of furan rings is 2. The minimum Gasteiger partial charge on any atom is -0.633 e. The van der Waals surface area contributed by atoms with Crippen LogP contribution < -0.4 is 0 Å². The zero-order valence-electron chi connectivity index (χ0n) is 33.4. The van der Waals surface area contributed by atoms with E-state index in [1.165, 1.54) is 36.8 Å². The molecule has 4 rings (SSSR count). The summed E-state index contributed by atoms with van der Waals surface area (Å²) >= 11 is 0. The van der Waals surface area contributed by atoms with Crippen LogP contribution in [0.4, 0.5) is 0 Å². The molecule has 48 heavy (non-hydrogen) atoms. The summed E-state index contributed by atoms with van der Waals surface area (Å²) in [5.41, 5.74) is 2.53. The van der Waals surface area contributed by atoms with Gasteiger partial charge < -0.3 is 69.4 Å². The molecule has 0 aliphatic rings. The van der Waals surface area contributed by atoms with Crippen molar-refractivity contribution in [3.63, 3.8) is 0 Å². The predicted molar refractivity (Wildman–Crippen MR) is 200 cm³/mol. The summed E-state index contributed by atoms with van der Waals surface area (Å²) < 4.78 is 9.32. The molecule has 0 aliphatic carbocycles. The van der Waals surface area contributed by atoms with E-state index in [-0.39, 0.29) is 131 Å². The molecule has 0 aromatic carbocycles. The minimum absolute atomic E-state index is 0. The Bertz CT molecular complexity index is 737. The van der Waals surface area contributed by atoms with E-state index in [0.29, 0.717) is 5.76 Å². The van der Waals surface area contributed by atoms with Crippen molar-refractivity contribution in [1.29, 1.82) is 0 Å². The normalized spacial score (nSPS) is 6.00. The minimum atomic E-state index is 0. The quantitative estimate of drug-likeness (QED) is 0.200. The third-order valence-electron chi connectivity index (χ3n) is 2.78. The maximum Gasteiger partial charge on any atom is 0 e. The predicted octanol–water partition coefficient (Wildman–Crippen LogP) is 13.8. The Morgan fingerprint density at radius 2 is 1.02 bits per heavy atom. The largest absolute Gasteiger partial charge is 0.633 e. The third-order valence-corrected chi connectivity index (χ3v) is 2.78. The third kappa shape index (κ3) is 72.3. The van der Waals surface area contributed by atoms with Crippen LogP contribution in [-0.4, -0.2) is 9.97 Å². The van der Waals surface area contributed by atoms with Gasteiger partial charge in [0.05, 0.1) is 0 Å². The van der Waals surface area contributed by atoms with Crippen molar-refractivity contribution in [2.75, 3.05) is 0 Å². The van der Waals surface area contributed by atoms with Crippen molar-refractivity contribution < 1.29 is 140 Å². The van der Waals surface area contributed by atoms with Gasteiger partial charge in [-0.2, -0.15) is 24.1 Å². The molecule has 0 saturated heterocycles. The van der Waals surface area contributed by atoms with Gasteiger partial charge in [0.15, 0.2) is 0 Å². The number of aromatic nitrogens is 2. The summed E-state index contributed by atoms with van der Waals surface area (Å²) in [5, 5.41) is 0. The molecule has 4 aromatic rings. The van der Waals surface area contributed by atoms with Gasteiger partial charge in [0.2, 0.25) is 0 Å². The van der Waals surface area contributed by atoms with Crippen LogP contribution >= 0.6 is 0 Å². The average molecular weight is 963 g/mol. The maximum atomic E-state index is 5.12. The first kappa shape index (κ1) is 82.1. The second-order valence-electron chi connectivity index (χ2n) is 4.67. The fraction of sp³-hybridized carbons (Fsp3) is 0.400. The molecule has 8 heteroatoms. The summed E-state index contributed by atoms with van der Waals surface area (Å²) in [7, 11) is 0. The van der Waals surface area contributed by atoms with Gasteiger partial charge in [0.1, 0.15) is 0 Å². The van der Waals surface area contributed by atoms with E-state index in [4.69, 9.17) is 30.7 Å². The summed E-state index contributed by atoms with van der Waals surface area (Å²) in [6.07, 6.45) is 17.7. The molecule has 0 amide bonds. The first-order valence-corrected chi connectivity index (χ1v) is 15.9. The molecule has 4 heterocycles. The van der Waals surface area contributed by atoms with Crippen LogP contribution in [0.3, 0.4) is 0 Å². The smallest absolute Gasteiger partial charge is 0 e. The molecule has 0 bridgehead atoms. The van der Waals surface area contributed by atoms with Crippen molar-refractivity contribution in [3.8, 4) is 0 Å². The molecule has 0 aliphatic heterocycles.